The lowest BCUT2D eigenvalue weighted by Crippen LogP contribution is -1.99. The van der Waals surface area contributed by atoms with Gasteiger partial charge in [0.25, 0.3) is 0 Å². The second kappa shape index (κ2) is 5.14. The van der Waals surface area contributed by atoms with Crippen LogP contribution in [0.4, 0.5) is 21.5 Å². The highest BCUT2D eigenvalue weighted by molar-refractivity contribution is 9.10. The molecule has 0 aliphatic heterocycles. The molecule has 0 saturated carbocycles. The molecule has 0 radical (unpaired) electrons. The zero-order valence-electron chi connectivity index (χ0n) is 9.06. The number of halogens is 2. The molecule has 1 N–H and O–H groups in total. The van der Waals surface area contributed by atoms with Crippen molar-refractivity contribution in [3.8, 4) is 0 Å². The highest BCUT2D eigenvalue weighted by Crippen LogP contribution is 2.32. The fourth-order valence-electron chi connectivity index (χ4n) is 1.51. The Balaban J connectivity index is 2.44. The zero-order chi connectivity index (χ0) is 13.1. The van der Waals surface area contributed by atoms with Crippen molar-refractivity contribution in [1.29, 1.82) is 0 Å². The Hall–Kier alpha value is -1.95. The van der Waals surface area contributed by atoms with Crippen molar-refractivity contribution in [2.75, 3.05) is 5.32 Å². The van der Waals surface area contributed by atoms with Gasteiger partial charge in [-0.2, -0.15) is 4.39 Å². The molecule has 92 valence electrons. The molecule has 0 aliphatic rings. The van der Waals surface area contributed by atoms with Crippen molar-refractivity contribution in [3.05, 3.63) is 62.9 Å². The lowest BCUT2D eigenvalue weighted by atomic mass is 10.2. The zero-order valence-corrected chi connectivity index (χ0v) is 10.6. The average Bonchev–Trinajstić information content (AvgIpc) is 2.31. The standard InChI is InChI=1S/C12H8BrFN2O2/c13-8-4-1-2-6-10(8)15-11-7-3-5-9(14)12(11)16(17)18/h1-7,15H. The Morgan fingerprint density at radius 3 is 2.44 bits per heavy atom. The SMILES string of the molecule is O=[N+]([O-])c1c(F)cccc1Nc1ccccc1Br. The molecule has 2 aromatic carbocycles. The molecule has 2 aromatic rings. The van der Waals surface area contributed by atoms with Crippen LogP contribution in [-0.2, 0) is 0 Å². The predicted molar refractivity (Wildman–Crippen MR) is 70.5 cm³/mol. The predicted octanol–water partition coefficient (Wildman–Crippen LogP) is 4.24. The number of benzene rings is 2. The molecule has 0 heterocycles. The third kappa shape index (κ3) is 2.48. The summed E-state index contributed by atoms with van der Waals surface area (Å²) in [6.07, 6.45) is 0. The molecule has 0 bridgehead atoms. The van der Waals surface area contributed by atoms with Gasteiger partial charge >= 0.3 is 5.69 Å². The Kier molecular flexibility index (Phi) is 3.57. The van der Waals surface area contributed by atoms with E-state index in [4.69, 9.17) is 0 Å². The van der Waals surface area contributed by atoms with Crippen molar-refractivity contribution >= 4 is 33.0 Å². The molecule has 0 spiro atoms. The van der Waals surface area contributed by atoms with Gasteiger partial charge in [0.05, 0.1) is 10.6 Å². The number of nitrogens with one attached hydrogen (secondary N) is 1. The summed E-state index contributed by atoms with van der Waals surface area (Å²) in [5, 5.41) is 13.7. The lowest BCUT2D eigenvalue weighted by Gasteiger charge is -2.08. The molecule has 0 atom stereocenters. The fourth-order valence-corrected chi connectivity index (χ4v) is 1.89. The van der Waals surface area contributed by atoms with E-state index in [0.717, 1.165) is 10.5 Å². The van der Waals surface area contributed by atoms with E-state index in [1.54, 1.807) is 18.2 Å². The van der Waals surface area contributed by atoms with E-state index < -0.39 is 16.4 Å². The summed E-state index contributed by atoms with van der Waals surface area (Å²) < 4.78 is 14.2. The Labute approximate surface area is 111 Å². The fraction of sp³-hybridized carbons (Fsp3) is 0. The quantitative estimate of drug-likeness (QED) is 0.681. The summed E-state index contributed by atoms with van der Waals surface area (Å²) in [6.45, 7) is 0. The second-order valence-corrected chi connectivity index (χ2v) is 4.35. The number of nitro groups is 1. The summed E-state index contributed by atoms with van der Waals surface area (Å²) in [6, 6.07) is 11.0. The minimum absolute atomic E-state index is 0.118. The summed E-state index contributed by atoms with van der Waals surface area (Å²) >= 11 is 3.31. The van der Waals surface area contributed by atoms with E-state index in [1.807, 2.05) is 6.07 Å². The van der Waals surface area contributed by atoms with Gasteiger partial charge in [-0.1, -0.05) is 18.2 Å². The maximum Gasteiger partial charge on any atom is 0.327 e. The number of anilines is 2. The van der Waals surface area contributed by atoms with E-state index in [2.05, 4.69) is 21.2 Å². The largest absolute Gasteiger partial charge is 0.349 e. The third-order valence-electron chi connectivity index (χ3n) is 2.31. The van der Waals surface area contributed by atoms with E-state index in [1.165, 1.54) is 12.1 Å². The molecule has 0 saturated heterocycles. The summed E-state index contributed by atoms with van der Waals surface area (Å²) in [5.41, 5.74) is 0.186. The number of nitro benzene ring substituents is 1. The molecular weight excluding hydrogens is 303 g/mol. The van der Waals surface area contributed by atoms with E-state index in [0.29, 0.717) is 5.69 Å². The second-order valence-electron chi connectivity index (χ2n) is 3.50. The van der Waals surface area contributed by atoms with Gasteiger partial charge in [-0.25, -0.2) is 0 Å². The van der Waals surface area contributed by atoms with Gasteiger partial charge in [-0.15, -0.1) is 0 Å². The first kappa shape index (κ1) is 12.5. The molecule has 18 heavy (non-hydrogen) atoms. The van der Waals surface area contributed by atoms with Gasteiger partial charge in [0.2, 0.25) is 5.82 Å². The van der Waals surface area contributed by atoms with Crippen LogP contribution in [0.5, 0.6) is 0 Å². The summed E-state index contributed by atoms with van der Waals surface area (Å²) in [7, 11) is 0. The van der Waals surface area contributed by atoms with Crippen molar-refractivity contribution in [1.82, 2.24) is 0 Å². The first-order valence-electron chi connectivity index (χ1n) is 5.04. The lowest BCUT2D eigenvalue weighted by molar-refractivity contribution is -0.386. The third-order valence-corrected chi connectivity index (χ3v) is 3.00. The Morgan fingerprint density at radius 2 is 1.78 bits per heavy atom. The number of hydrogen-bond acceptors (Lipinski definition) is 3. The average molecular weight is 311 g/mol. The van der Waals surface area contributed by atoms with Gasteiger partial charge in [0, 0.05) is 4.47 Å². The van der Waals surface area contributed by atoms with E-state index in [-0.39, 0.29) is 5.69 Å². The van der Waals surface area contributed by atoms with Gasteiger partial charge in [0.1, 0.15) is 5.69 Å². The van der Waals surface area contributed by atoms with Crippen LogP contribution >= 0.6 is 15.9 Å². The number of hydrogen-bond donors (Lipinski definition) is 1. The highest BCUT2D eigenvalue weighted by Gasteiger charge is 2.20. The van der Waals surface area contributed by atoms with Crippen LogP contribution in [0.1, 0.15) is 0 Å². The molecule has 0 fully saturated rings. The Bertz CT molecular complexity index is 604. The van der Waals surface area contributed by atoms with Crippen molar-refractivity contribution in [3.63, 3.8) is 0 Å². The monoisotopic (exact) mass is 310 g/mol. The number of nitrogens with zero attached hydrogens (tertiary/aromatic N) is 1. The Morgan fingerprint density at radius 1 is 1.11 bits per heavy atom. The molecular formula is C12H8BrFN2O2. The number of rotatable bonds is 3. The van der Waals surface area contributed by atoms with Crippen LogP contribution in [0.3, 0.4) is 0 Å². The minimum Gasteiger partial charge on any atom is -0.349 e. The van der Waals surface area contributed by atoms with Crippen molar-refractivity contribution in [2.24, 2.45) is 0 Å². The highest BCUT2D eigenvalue weighted by atomic mass is 79.9. The molecule has 2 rings (SSSR count). The smallest absolute Gasteiger partial charge is 0.327 e. The first-order valence-corrected chi connectivity index (χ1v) is 5.83. The van der Waals surface area contributed by atoms with E-state index in [9.17, 15) is 14.5 Å². The molecule has 0 amide bonds. The normalized spacial score (nSPS) is 10.1. The topological polar surface area (TPSA) is 55.2 Å². The van der Waals surface area contributed by atoms with Gasteiger partial charge in [0.15, 0.2) is 0 Å². The van der Waals surface area contributed by atoms with Crippen LogP contribution in [-0.4, -0.2) is 4.92 Å². The number of para-hydroxylation sites is 2. The molecule has 0 unspecified atom stereocenters. The van der Waals surface area contributed by atoms with Crippen molar-refractivity contribution < 1.29 is 9.31 Å². The maximum absolute atomic E-state index is 13.4. The van der Waals surface area contributed by atoms with Crippen LogP contribution in [0.25, 0.3) is 0 Å². The molecule has 0 aliphatic carbocycles. The van der Waals surface area contributed by atoms with Crippen LogP contribution in [0, 0.1) is 15.9 Å². The molecule has 0 aromatic heterocycles. The van der Waals surface area contributed by atoms with Crippen molar-refractivity contribution in [2.45, 2.75) is 0 Å². The molecule has 6 heteroatoms. The summed E-state index contributed by atoms with van der Waals surface area (Å²) in [5.74, 6) is -0.864. The maximum atomic E-state index is 13.4. The van der Waals surface area contributed by atoms with Crippen LogP contribution in [0.15, 0.2) is 46.9 Å². The summed E-state index contributed by atoms with van der Waals surface area (Å²) in [4.78, 5) is 10.1. The first-order chi connectivity index (χ1) is 8.59. The van der Waals surface area contributed by atoms with Crippen LogP contribution in [0.2, 0.25) is 0 Å². The van der Waals surface area contributed by atoms with Gasteiger partial charge in [-0.3, -0.25) is 10.1 Å². The van der Waals surface area contributed by atoms with E-state index >= 15 is 0 Å². The van der Waals surface area contributed by atoms with Gasteiger partial charge < -0.3 is 5.32 Å². The minimum atomic E-state index is -0.864. The molecule has 4 nitrogen and oxygen atoms in total. The van der Waals surface area contributed by atoms with Crippen LogP contribution < -0.4 is 5.32 Å². The van der Waals surface area contributed by atoms with Gasteiger partial charge in [-0.05, 0) is 40.2 Å².